The minimum atomic E-state index is -0.507. The molecule has 1 aliphatic heterocycles. The first-order valence-electron chi connectivity index (χ1n) is 6.05. The van der Waals surface area contributed by atoms with Gasteiger partial charge in [-0.3, -0.25) is 10.1 Å². The van der Waals surface area contributed by atoms with Crippen molar-refractivity contribution in [1.82, 2.24) is 4.90 Å². The van der Waals surface area contributed by atoms with Gasteiger partial charge in [0.05, 0.1) is 11.0 Å². The highest BCUT2D eigenvalue weighted by Gasteiger charge is 2.21. The number of hydrogen-bond acceptors (Lipinski definition) is 4. The molecule has 0 bridgehead atoms. The molecule has 7 nitrogen and oxygen atoms in total. The number of urea groups is 1. The molecule has 0 aromatic heterocycles. The number of nitrogens with one attached hydrogen (secondary N) is 1. The van der Waals surface area contributed by atoms with Crippen molar-refractivity contribution in [2.45, 2.75) is 18.9 Å². The fourth-order valence-electron chi connectivity index (χ4n) is 1.97. The third-order valence-corrected chi connectivity index (χ3v) is 3.06. The molecule has 1 aromatic rings. The van der Waals surface area contributed by atoms with Gasteiger partial charge in [0.15, 0.2) is 0 Å². The third kappa shape index (κ3) is 3.41. The van der Waals surface area contributed by atoms with Crippen LogP contribution in [0.15, 0.2) is 24.3 Å². The van der Waals surface area contributed by atoms with Gasteiger partial charge in [0.2, 0.25) is 0 Å². The van der Waals surface area contributed by atoms with E-state index in [1.165, 1.54) is 18.2 Å². The van der Waals surface area contributed by atoms with E-state index in [4.69, 9.17) is 0 Å². The summed E-state index contributed by atoms with van der Waals surface area (Å²) < 4.78 is 0. The Morgan fingerprint density at radius 2 is 2.11 bits per heavy atom. The number of non-ortho nitro benzene ring substituents is 1. The Kier molecular flexibility index (Phi) is 3.96. The van der Waals surface area contributed by atoms with Crippen LogP contribution in [0.4, 0.5) is 16.2 Å². The lowest BCUT2D eigenvalue weighted by molar-refractivity contribution is -0.384. The smallest absolute Gasteiger partial charge is 0.321 e. The van der Waals surface area contributed by atoms with Crippen molar-refractivity contribution in [2.75, 3.05) is 18.4 Å². The maximum atomic E-state index is 11.9. The summed E-state index contributed by atoms with van der Waals surface area (Å²) in [5, 5.41) is 22.6. The summed E-state index contributed by atoms with van der Waals surface area (Å²) in [5.74, 6) is 0. The van der Waals surface area contributed by atoms with Gasteiger partial charge in [0, 0.05) is 30.9 Å². The van der Waals surface area contributed by atoms with E-state index in [0.29, 0.717) is 31.6 Å². The number of hydrogen-bond donors (Lipinski definition) is 2. The van der Waals surface area contributed by atoms with Crippen molar-refractivity contribution in [3.05, 3.63) is 34.4 Å². The molecule has 2 N–H and O–H groups in total. The van der Waals surface area contributed by atoms with Crippen LogP contribution in [0.25, 0.3) is 0 Å². The highest BCUT2D eigenvalue weighted by Crippen LogP contribution is 2.18. The number of piperidine rings is 1. The summed E-state index contributed by atoms with van der Waals surface area (Å²) in [4.78, 5) is 23.6. The molecule has 19 heavy (non-hydrogen) atoms. The number of benzene rings is 1. The minimum Gasteiger partial charge on any atom is -0.393 e. The Balaban J connectivity index is 1.98. The van der Waals surface area contributed by atoms with E-state index in [-0.39, 0.29) is 17.8 Å². The van der Waals surface area contributed by atoms with Crippen LogP contribution < -0.4 is 5.32 Å². The van der Waals surface area contributed by atoms with Gasteiger partial charge in [-0.05, 0) is 18.9 Å². The predicted octanol–water partition coefficient (Wildman–Crippen LogP) is 1.58. The molecule has 7 heteroatoms. The van der Waals surface area contributed by atoms with Gasteiger partial charge in [-0.1, -0.05) is 6.07 Å². The molecule has 0 unspecified atom stereocenters. The van der Waals surface area contributed by atoms with Gasteiger partial charge in [-0.25, -0.2) is 4.79 Å². The summed E-state index contributed by atoms with van der Waals surface area (Å²) in [6, 6.07) is 5.51. The SMILES string of the molecule is O=C(Nc1cccc([N+](=O)[O-])c1)N1CCC(O)CC1. The van der Waals surface area contributed by atoms with Gasteiger partial charge >= 0.3 is 6.03 Å². The molecular formula is C12H15N3O4. The zero-order valence-corrected chi connectivity index (χ0v) is 10.3. The lowest BCUT2D eigenvalue weighted by Gasteiger charge is -2.29. The van der Waals surface area contributed by atoms with Crippen LogP contribution in [-0.4, -0.2) is 40.2 Å². The van der Waals surface area contributed by atoms with E-state index in [2.05, 4.69) is 5.32 Å². The van der Waals surface area contributed by atoms with Gasteiger partial charge in [0.1, 0.15) is 0 Å². The summed E-state index contributed by atoms with van der Waals surface area (Å²) in [5.41, 5.74) is 0.331. The number of likely N-dealkylation sites (tertiary alicyclic amines) is 1. The molecule has 0 saturated carbocycles. The highest BCUT2D eigenvalue weighted by molar-refractivity contribution is 5.89. The fraction of sp³-hybridized carbons (Fsp3) is 0.417. The maximum Gasteiger partial charge on any atom is 0.321 e. The van der Waals surface area contributed by atoms with Crippen molar-refractivity contribution >= 4 is 17.4 Å². The Morgan fingerprint density at radius 3 is 2.74 bits per heavy atom. The van der Waals surface area contributed by atoms with E-state index in [1.54, 1.807) is 11.0 Å². The normalized spacial score (nSPS) is 16.2. The Labute approximate surface area is 110 Å². The molecule has 1 aromatic carbocycles. The van der Waals surface area contributed by atoms with Gasteiger partial charge < -0.3 is 15.3 Å². The molecule has 0 atom stereocenters. The van der Waals surface area contributed by atoms with Crippen LogP contribution in [-0.2, 0) is 0 Å². The van der Waals surface area contributed by atoms with Crippen molar-refractivity contribution < 1.29 is 14.8 Å². The number of rotatable bonds is 2. The standard InChI is InChI=1S/C12H15N3O4/c16-11-4-6-14(7-5-11)12(17)13-9-2-1-3-10(8-9)15(18)19/h1-3,8,11,16H,4-7H2,(H,13,17). The zero-order valence-electron chi connectivity index (χ0n) is 10.3. The molecule has 1 saturated heterocycles. The quantitative estimate of drug-likeness (QED) is 0.626. The van der Waals surface area contributed by atoms with Crippen molar-refractivity contribution in [2.24, 2.45) is 0 Å². The fourth-order valence-corrected chi connectivity index (χ4v) is 1.97. The molecule has 0 spiro atoms. The highest BCUT2D eigenvalue weighted by atomic mass is 16.6. The molecule has 2 amide bonds. The summed E-state index contributed by atoms with van der Waals surface area (Å²) in [7, 11) is 0. The molecule has 2 rings (SSSR count). The van der Waals surface area contributed by atoms with Crippen LogP contribution in [0, 0.1) is 10.1 Å². The number of aliphatic hydroxyl groups excluding tert-OH is 1. The van der Waals surface area contributed by atoms with Crippen LogP contribution in [0.3, 0.4) is 0 Å². The van der Waals surface area contributed by atoms with E-state index < -0.39 is 4.92 Å². The summed E-state index contributed by atoms with van der Waals surface area (Å²) in [6.45, 7) is 0.976. The first-order valence-corrected chi connectivity index (χ1v) is 6.05. The lowest BCUT2D eigenvalue weighted by Crippen LogP contribution is -2.42. The Morgan fingerprint density at radius 1 is 1.42 bits per heavy atom. The predicted molar refractivity (Wildman–Crippen MR) is 68.9 cm³/mol. The number of carbonyl (C=O) groups is 1. The van der Waals surface area contributed by atoms with Crippen LogP contribution in [0.5, 0.6) is 0 Å². The number of nitro benzene ring substituents is 1. The second-order valence-electron chi connectivity index (χ2n) is 4.46. The van der Waals surface area contributed by atoms with Crippen LogP contribution >= 0.6 is 0 Å². The maximum absolute atomic E-state index is 11.9. The number of nitrogens with zero attached hydrogens (tertiary/aromatic N) is 2. The number of nitro groups is 1. The summed E-state index contributed by atoms with van der Waals surface area (Å²) >= 11 is 0. The Hall–Kier alpha value is -2.15. The van der Waals surface area contributed by atoms with Crippen molar-refractivity contribution in [1.29, 1.82) is 0 Å². The van der Waals surface area contributed by atoms with E-state index in [1.807, 2.05) is 0 Å². The van der Waals surface area contributed by atoms with Gasteiger partial charge in [-0.2, -0.15) is 0 Å². The van der Waals surface area contributed by atoms with Gasteiger partial charge in [-0.15, -0.1) is 0 Å². The minimum absolute atomic E-state index is 0.0631. The third-order valence-electron chi connectivity index (χ3n) is 3.06. The van der Waals surface area contributed by atoms with Crippen molar-refractivity contribution in [3.8, 4) is 0 Å². The van der Waals surface area contributed by atoms with Crippen molar-refractivity contribution in [3.63, 3.8) is 0 Å². The number of aliphatic hydroxyl groups is 1. The largest absolute Gasteiger partial charge is 0.393 e. The molecule has 102 valence electrons. The molecule has 0 radical (unpaired) electrons. The average Bonchev–Trinajstić information content (AvgIpc) is 2.39. The first-order chi connectivity index (χ1) is 9.06. The van der Waals surface area contributed by atoms with Crippen LogP contribution in [0.1, 0.15) is 12.8 Å². The second-order valence-corrected chi connectivity index (χ2v) is 4.46. The van der Waals surface area contributed by atoms with Crippen LogP contribution in [0.2, 0.25) is 0 Å². The van der Waals surface area contributed by atoms with E-state index in [0.717, 1.165) is 0 Å². The zero-order chi connectivity index (χ0) is 13.8. The molecule has 1 fully saturated rings. The first kappa shape index (κ1) is 13.3. The summed E-state index contributed by atoms with van der Waals surface area (Å²) in [6.07, 6.45) is 0.770. The Bertz CT molecular complexity index is 484. The number of anilines is 1. The van der Waals surface area contributed by atoms with E-state index >= 15 is 0 Å². The lowest BCUT2D eigenvalue weighted by atomic mass is 10.1. The topological polar surface area (TPSA) is 95.7 Å². The monoisotopic (exact) mass is 265 g/mol. The second kappa shape index (κ2) is 5.66. The molecular weight excluding hydrogens is 250 g/mol. The molecule has 1 aliphatic rings. The molecule has 1 heterocycles. The number of carbonyl (C=O) groups excluding carboxylic acids is 1. The number of amides is 2. The molecule has 0 aliphatic carbocycles. The van der Waals surface area contributed by atoms with E-state index in [9.17, 15) is 20.0 Å². The van der Waals surface area contributed by atoms with Gasteiger partial charge in [0.25, 0.3) is 5.69 Å². The average molecular weight is 265 g/mol.